The molecular formula is C12H16S2. The van der Waals surface area contributed by atoms with Crippen LogP contribution in [0, 0.1) is 0 Å². The fourth-order valence-electron chi connectivity index (χ4n) is 1.13. The zero-order valence-electron chi connectivity index (χ0n) is 8.53. The molecule has 0 nitrogen and oxygen atoms in total. The van der Waals surface area contributed by atoms with E-state index in [2.05, 4.69) is 31.2 Å². The number of hydrogen-bond acceptors (Lipinski definition) is 2. The van der Waals surface area contributed by atoms with Gasteiger partial charge in [-0.3, -0.25) is 0 Å². The monoisotopic (exact) mass is 224 g/mol. The van der Waals surface area contributed by atoms with Gasteiger partial charge >= 0.3 is 0 Å². The highest BCUT2D eigenvalue weighted by molar-refractivity contribution is 8.22. The van der Waals surface area contributed by atoms with Gasteiger partial charge < -0.3 is 0 Å². The fraction of sp³-hybridized carbons (Fsp3) is 0.417. The third kappa shape index (κ3) is 4.77. The number of unbranched alkanes of at least 4 members (excludes halogenated alkanes) is 1. The molecule has 0 saturated carbocycles. The maximum absolute atomic E-state index is 5.28. The van der Waals surface area contributed by atoms with E-state index in [1.807, 2.05) is 6.07 Å². The largest absolute Gasteiger partial charge is 0.114 e. The average molecular weight is 224 g/mol. The molecule has 0 heterocycles. The molecule has 0 aromatic heterocycles. The lowest BCUT2D eigenvalue weighted by atomic mass is 10.2. The van der Waals surface area contributed by atoms with Gasteiger partial charge in [0.1, 0.15) is 0 Å². The van der Waals surface area contributed by atoms with Crippen molar-refractivity contribution in [2.45, 2.75) is 31.9 Å². The number of benzene rings is 1. The molecule has 1 rings (SSSR count). The summed E-state index contributed by atoms with van der Waals surface area (Å²) in [5, 5.41) is 0. The van der Waals surface area contributed by atoms with Gasteiger partial charge in [-0.05, 0) is 18.4 Å². The highest BCUT2D eigenvalue weighted by Gasteiger charge is 1.98. The van der Waals surface area contributed by atoms with E-state index >= 15 is 0 Å². The van der Waals surface area contributed by atoms with E-state index in [9.17, 15) is 0 Å². The third-order valence-corrected chi connectivity index (χ3v) is 3.54. The van der Waals surface area contributed by atoms with Crippen molar-refractivity contribution in [2.75, 3.05) is 0 Å². The Kier molecular flexibility index (Phi) is 5.88. The summed E-state index contributed by atoms with van der Waals surface area (Å²) in [5.74, 6) is 1.02. The quantitative estimate of drug-likeness (QED) is 0.678. The number of thiocarbonyl (C=S) groups is 1. The van der Waals surface area contributed by atoms with E-state index in [0.717, 1.165) is 16.4 Å². The van der Waals surface area contributed by atoms with Gasteiger partial charge in [-0.2, -0.15) is 0 Å². The molecule has 0 aliphatic rings. The Balaban J connectivity index is 2.24. The van der Waals surface area contributed by atoms with Crippen LogP contribution in [0.25, 0.3) is 0 Å². The van der Waals surface area contributed by atoms with Crippen LogP contribution in [0.2, 0.25) is 0 Å². The molecule has 76 valence electrons. The second-order valence-corrected chi connectivity index (χ2v) is 5.07. The van der Waals surface area contributed by atoms with Crippen LogP contribution in [0.15, 0.2) is 30.3 Å². The van der Waals surface area contributed by atoms with E-state index < -0.39 is 0 Å². The Bertz CT molecular complexity index is 267. The number of rotatable bonds is 5. The molecule has 0 bridgehead atoms. The normalized spacial score (nSPS) is 10.1. The maximum Gasteiger partial charge on any atom is 0.0481 e. The van der Waals surface area contributed by atoms with Gasteiger partial charge in [0.05, 0.1) is 0 Å². The zero-order chi connectivity index (χ0) is 10.2. The van der Waals surface area contributed by atoms with Crippen LogP contribution in [0.4, 0.5) is 0 Å². The molecule has 0 aliphatic carbocycles. The Morgan fingerprint density at radius 2 is 2.00 bits per heavy atom. The topological polar surface area (TPSA) is 0 Å². The first-order valence-corrected chi connectivity index (χ1v) is 6.42. The predicted molar refractivity (Wildman–Crippen MR) is 69.9 cm³/mol. The Hall–Kier alpha value is -0.340. The first-order valence-electron chi connectivity index (χ1n) is 5.02. The maximum atomic E-state index is 5.28. The standard InChI is InChI=1S/C12H16S2/c1-2-3-9-12(13)14-10-11-7-5-4-6-8-11/h4-8H,2-3,9-10H2,1H3. The van der Waals surface area contributed by atoms with E-state index in [4.69, 9.17) is 12.2 Å². The van der Waals surface area contributed by atoms with E-state index in [1.54, 1.807) is 11.8 Å². The highest BCUT2D eigenvalue weighted by atomic mass is 32.2. The predicted octanol–water partition coefficient (Wildman–Crippen LogP) is 4.44. The van der Waals surface area contributed by atoms with Crippen LogP contribution in [0.1, 0.15) is 31.7 Å². The van der Waals surface area contributed by atoms with Crippen molar-refractivity contribution in [3.05, 3.63) is 35.9 Å². The van der Waals surface area contributed by atoms with Gasteiger partial charge in [0.15, 0.2) is 0 Å². The minimum atomic E-state index is 1.02. The molecule has 1 aromatic carbocycles. The van der Waals surface area contributed by atoms with Crippen molar-refractivity contribution in [1.82, 2.24) is 0 Å². The second-order valence-electron chi connectivity index (χ2n) is 3.25. The smallest absolute Gasteiger partial charge is 0.0481 e. The van der Waals surface area contributed by atoms with E-state index in [-0.39, 0.29) is 0 Å². The Labute approximate surface area is 96.1 Å². The van der Waals surface area contributed by atoms with Crippen LogP contribution in [0.3, 0.4) is 0 Å². The molecule has 0 spiro atoms. The minimum absolute atomic E-state index is 1.02. The lowest BCUT2D eigenvalue weighted by Crippen LogP contribution is -1.89. The lowest BCUT2D eigenvalue weighted by Gasteiger charge is -2.02. The molecule has 1 aromatic rings. The third-order valence-electron chi connectivity index (χ3n) is 1.98. The van der Waals surface area contributed by atoms with Crippen molar-refractivity contribution in [2.24, 2.45) is 0 Å². The van der Waals surface area contributed by atoms with E-state index in [1.165, 1.54) is 18.4 Å². The van der Waals surface area contributed by atoms with Gasteiger partial charge in [-0.15, -0.1) is 11.8 Å². The first-order chi connectivity index (χ1) is 6.83. The number of hydrogen-bond donors (Lipinski definition) is 0. The minimum Gasteiger partial charge on any atom is -0.114 e. The van der Waals surface area contributed by atoms with Gasteiger partial charge in [0.25, 0.3) is 0 Å². The highest BCUT2D eigenvalue weighted by Crippen LogP contribution is 2.17. The molecule has 0 saturated heterocycles. The van der Waals surface area contributed by atoms with Crippen molar-refractivity contribution in [3.8, 4) is 0 Å². The molecule has 0 unspecified atom stereocenters. The molecule has 0 atom stereocenters. The summed E-state index contributed by atoms with van der Waals surface area (Å²) >= 11 is 7.08. The molecule has 0 N–H and O–H groups in total. The zero-order valence-corrected chi connectivity index (χ0v) is 10.2. The summed E-state index contributed by atoms with van der Waals surface area (Å²) in [6.07, 6.45) is 3.54. The summed E-state index contributed by atoms with van der Waals surface area (Å²) in [6.45, 7) is 2.20. The number of thioether (sulfide) groups is 1. The molecule has 0 aliphatic heterocycles. The van der Waals surface area contributed by atoms with Crippen molar-refractivity contribution in [3.63, 3.8) is 0 Å². The Morgan fingerprint density at radius 3 is 2.64 bits per heavy atom. The lowest BCUT2D eigenvalue weighted by molar-refractivity contribution is 0.845. The van der Waals surface area contributed by atoms with Crippen LogP contribution < -0.4 is 0 Å². The molecule has 0 amide bonds. The average Bonchev–Trinajstić information content (AvgIpc) is 2.25. The van der Waals surface area contributed by atoms with Gasteiger partial charge in [-0.25, -0.2) is 0 Å². The first kappa shape index (κ1) is 11.7. The molecule has 2 heteroatoms. The summed E-state index contributed by atoms with van der Waals surface area (Å²) in [4.78, 5) is 0. The van der Waals surface area contributed by atoms with Crippen molar-refractivity contribution < 1.29 is 0 Å². The summed E-state index contributed by atoms with van der Waals surface area (Å²) in [7, 11) is 0. The second kappa shape index (κ2) is 7.02. The fourth-order valence-corrected chi connectivity index (χ4v) is 2.26. The van der Waals surface area contributed by atoms with Crippen LogP contribution >= 0.6 is 24.0 Å². The van der Waals surface area contributed by atoms with Gasteiger partial charge in [-0.1, -0.05) is 55.9 Å². The van der Waals surface area contributed by atoms with Crippen molar-refractivity contribution >= 4 is 28.2 Å². The molecule has 14 heavy (non-hydrogen) atoms. The van der Waals surface area contributed by atoms with Crippen LogP contribution in [0.5, 0.6) is 0 Å². The van der Waals surface area contributed by atoms with Gasteiger partial charge in [0, 0.05) is 9.95 Å². The summed E-state index contributed by atoms with van der Waals surface area (Å²) in [5.41, 5.74) is 1.36. The summed E-state index contributed by atoms with van der Waals surface area (Å²) in [6, 6.07) is 10.5. The van der Waals surface area contributed by atoms with E-state index in [0.29, 0.717) is 0 Å². The SMILES string of the molecule is CCCCC(=S)SCc1ccccc1. The molecule has 0 radical (unpaired) electrons. The molecular weight excluding hydrogens is 208 g/mol. The van der Waals surface area contributed by atoms with Crippen LogP contribution in [-0.4, -0.2) is 4.20 Å². The Morgan fingerprint density at radius 1 is 1.29 bits per heavy atom. The van der Waals surface area contributed by atoms with Gasteiger partial charge in [0.2, 0.25) is 0 Å². The van der Waals surface area contributed by atoms with Crippen molar-refractivity contribution in [1.29, 1.82) is 0 Å². The van der Waals surface area contributed by atoms with Crippen LogP contribution in [-0.2, 0) is 5.75 Å². The summed E-state index contributed by atoms with van der Waals surface area (Å²) < 4.78 is 1.15. The molecule has 0 fully saturated rings.